The molecule has 0 spiro atoms. The molecule has 33 heteroatoms. The van der Waals surface area contributed by atoms with E-state index in [1.165, 1.54) is 55.1 Å². The minimum absolute atomic E-state index is 0. The maximum absolute atomic E-state index is 13.6. The Labute approximate surface area is 569 Å². The smallest absolute Gasteiger partial charge is 0.310 e. The highest BCUT2D eigenvalue weighted by Crippen LogP contribution is 2.60. The number of phenols is 1. The molecule has 6 saturated heterocycles. The molecule has 0 amide bonds. The molecule has 20 atom stereocenters. The first-order valence-corrected chi connectivity index (χ1v) is 36.8. The van der Waals surface area contributed by atoms with Gasteiger partial charge in [0.15, 0.2) is 92.7 Å². The Kier molecular flexibility index (Phi) is 22.4. The van der Waals surface area contributed by atoms with E-state index in [0.29, 0.717) is 67.9 Å². The van der Waals surface area contributed by atoms with Crippen LogP contribution in [-0.4, -0.2) is 219 Å². The SMILES string of the molecule is C.COc1cc(C2c3cc4c(cc3C(OC3O[C@@H]5COC(C)OC5C(O)C3O)[C@H]3COC(=O)[C@H]23)OCO4)cc(OC)c1O.COc1cc(C2c3cc4c(cc3C(OC3O[C@@H]5COC(C)OC5C(O)C3O)[C@H]3COC(=O)[C@H]23)OCO4)cc(OC)c1OCOP(C)(C)=O.CP(C)(=O)OCCl. The van der Waals surface area contributed by atoms with Crippen molar-refractivity contribution in [3.05, 3.63) is 81.9 Å². The van der Waals surface area contributed by atoms with E-state index in [1.54, 1.807) is 56.3 Å². The first-order valence-electron chi connectivity index (χ1n) is 31.2. The number of rotatable bonds is 16. The second-order valence-electron chi connectivity index (χ2n) is 25.1. The summed E-state index contributed by atoms with van der Waals surface area (Å²) >= 11 is 5.09. The summed E-state index contributed by atoms with van der Waals surface area (Å²) in [6, 6.07) is 14.0. The van der Waals surface area contributed by atoms with Gasteiger partial charge in [0.1, 0.15) is 54.9 Å². The zero-order valence-electron chi connectivity index (χ0n) is 54.5. The average molecular weight is 1440 g/mol. The van der Waals surface area contributed by atoms with Crippen LogP contribution in [0.1, 0.15) is 78.7 Å². The number of carbonyl (C=O) groups excluding carboxylic acids is 2. The lowest BCUT2D eigenvalue weighted by molar-refractivity contribution is -0.364. The van der Waals surface area contributed by atoms with Gasteiger partial charge in [-0.2, -0.15) is 0 Å². The number of methoxy groups -OCH3 is 4. The van der Waals surface area contributed by atoms with E-state index in [1.807, 2.05) is 6.07 Å². The Morgan fingerprint density at radius 2 is 0.888 bits per heavy atom. The summed E-state index contributed by atoms with van der Waals surface area (Å²) in [4.78, 5) is 27.0. The molecular formula is C65H83ClO30P2. The molecule has 8 heterocycles. The summed E-state index contributed by atoms with van der Waals surface area (Å²) in [6.07, 6.45) is -13.7. The zero-order chi connectivity index (χ0) is 69.1. The Bertz CT molecular complexity index is 3590. The van der Waals surface area contributed by atoms with E-state index in [-0.39, 0.29) is 83.3 Å². The molecular weight excluding hydrogens is 1360 g/mol. The summed E-state index contributed by atoms with van der Waals surface area (Å²) in [7, 11) is 0.678. The number of hydrogen-bond donors (Lipinski definition) is 5. The van der Waals surface area contributed by atoms with Crippen molar-refractivity contribution in [2.75, 3.05) is 108 Å². The third kappa shape index (κ3) is 14.6. The topological polar surface area (TPSA) is 363 Å². The van der Waals surface area contributed by atoms with Gasteiger partial charge in [-0.05, 0) is 95.8 Å². The van der Waals surface area contributed by atoms with Crippen molar-refractivity contribution in [2.45, 2.75) is 119 Å². The van der Waals surface area contributed by atoms with Gasteiger partial charge in [-0.1, -0.05) is 19.0 Å². The molecule has 5 N–H and O–H groups in total. The summed E-state index contributed by atoms with van der Waals surface area (Å²) in [5, 5.41) is 54.6. The third-order valence-electron chi connectivity index (χ3n) is 18.4. The summed E-state index contributed by atoms with van der Waals surface area (Å²) in [5.74, 6) is -1.55. The van der Waals surface area contributed by atoms with Crippen LogP contribution in [-0.2, 0) is 75.1 Å². The van der Waals surface area contributed by atoms with Crippen molar-refractivity contribution in [1.82, 2.24) is 0 Å². The van der Waals surface area contributed by atoms with Gasteiger partial charge in [-0.3, -0.25) is 23.2 Å². The van der Waals surface area contributed by atoms with Crippen molar-refractivity contribution in [1.29, 1.82) is 0 Å². The fourth-order valence-corrected chi connectivity index (χ4v) is 15.2. The minimum Gasteiger partial charge on any atom is -0.502 e. The van der Waals surface area contributed by atoms with Crippen LogP contribution in [0.5, 0.6) is 57.5 Å². The summed E-state index contributed by atoms with van der Waals surface area (Å²) < 4.78 is 142. The van der Waals surface area contributed by atoms with Gasteiger partial charge in [0.25, 0.3) is 0 Å². The summed E-state index contributed by atoms with van der Waals surface area (Å²) in [5.41, 5.74) is 4.01. The largest absolute Gasteiger partial charge is 0.502 e. The molecule has 14 unspecified atom stereocenters. The van der Waals surface area contributed by atoms with Crippen molar-refractivity contribution >= 4 is 38.3 Å². The number of esters is 2. The Balaban J connectivity index is 0.000000180. The molecule has 8 aliphatic heterocycles. The molecule has 4 aromatic rings. The van der Waals surface area contributed by atoms with Crippen LogP contribution < -0.4 is 42.6 Å². The first kappa shape index (κ1) is 73.2. The highest BCUT2D eigenvalue weighted by atomic mass is 35.5. The van der Waals surface area contributed by atoms with Gasteiger partial charge < -0.3 is 120 Å². The molecule has 6 fully saturated rings. The molecule has 4 aromatic carbocycles. The highest BCUT2D eigenvalue weighted by Gasteiger charge is 2.59. The number of aliphatic hydroxyl groups excluding tert-OH is 4. The van der Waals surface area contributed by atoms with Gasteiger partial charge in [-0.15, -0.1) is 0 Å². The fraction of sp³-hybridized carbons (Fsp3) is 0.600. The van der Waals surface area contributed by atoms with Crippen molar-refractivity contribution < 1.29 is 143 Å². The van der Waals surface area contributed by atoms with Crippen LogP contribution in [0.15, 0.2) is 48.5 Å². The molecule has 98 heavy (non-hydrogen) atoms. The molecule has 0 bridgehead atoms. The number of alkyl halides is 1. The first-order chi connectivity index (χ1) is 46.3. The summed E-state index contributed by atoms with van der Waals surface area (Å²) in [6.45, 7) is 9.51. The number of cyclic esters (lactones) is 2. The number of fused-ring (bicyclic) bond motifs is 8. The van der Waals surface area contributed by atoms with Crippen molar-refractivity contribution in [3.63, 3.8) is 0 Å². The van der Waals surface area contributed by atoms with Crippen molar-refractivity contribution in [2.24, 2.45) is 23.7 Å². The normalized spacial score (nSPS) is 33.0. The lowest BCUT2D eigenvalue weighted by Crippen LogP contribution is -2.63. The fourth-order valence-electron chi connectivity index (χ4n) is 13.9. The Morgan fingerprint density at radius 3 is 1.24 bits per heavy atom. The second kappa shape index (κ2) is 29.9. The number of benzene rings is 4. The molecule has 540 valence electrons. The number of aromatic hydroxyl groups is 1. The number of hydrogen-bond acceptors (Lipinski definition) is 30. The van der Waals surface area contributed by atoms with Crippen LogP contribution in [0.25, 0.3) is 0 Å². The van der Waals surface area contributed by atoms with Crippen LogP contribution in [0, 0.1) is 23.7 Å². The van der Waals surface area contributed by atoms with E-state index < -0.39 is 148 Å². The number of ether oxygens (including phenoxy) is 19. The van der Waals surface area contributed by atoms with E-state index in [2.05, 4.69) is 4.52 Å². The van der Waals surface area contributed by atoms with E-state index >= 15 is 0 Å². The predicted molar refractivity (Wildman–Crippen MR) is 339 cm³/mol. The number of aliphatic hydroxyl groups is 4. The lowest BCUT2D eigenvalue weighted by atomic mass is 9.66. The lowest BCUT2D eigenvalue weighted by Gasteiger charge is -2.47. The molecule has 10 aliphatic rings. The monoisotopic (exact) mass is 1440 g/mol. The average Bonchev–Trinajstić information content (AvgIpc) is 1.41. The van der Waals surface area contributed by atoms with Crippen molar-refractivity contribution in [3.8, 4) is 57.5 Å². The maximum atomic E-state index is 13.6. The van der Waals surface area contributed by atoms with Crippen LogP contribution >= 0.6 is 26.3 Å². The standard InChI is InChI=1S/C32H39O15P.C29H32O13.C3H8ClO2P.CH4/c1-14-39-11-23-30(45-14)26(33)27(34)32(46-23)47-28-17-9-20-19(41-12-42-20)8-16(17)24(25-18(28)10-40-31(25)35)15-6-21(37-2)29(22(7-15)38-3)43-13-44-48(4,5)36;1-11-36-9-20-27(40-11)24(31)25(32)29(41-20)42-26-14-7-17-16(38-10-39-17)6-13(14)21(22-15(26)8-37-28(22)33)12-4-18(34-2)23(30)19(5-12)35-3;1-7(2,5)6-3-4;/h6-9,14,18,23-28,30,32-34H,10-13H2,1-5H3;4-7,11,15,20-22,24-27,29-32H,8-10H2,1-3H3;3H2,1-2H3;1H4/t14?,18-,23+,24?,25-,26?,27?,28?,30?,32?;11?,15-,20+,21?,22-,24?,25?,26?,27?,29?;;/m00../s1. The number of carbonyl (C=O) groups is 2. The van der Waals surface area contributed by atoms with E-state index in [9.17, 15) is 44.3 Å². The molecule has 14 rings (SSSR count). The maximum Gasteiger partial charge on any atom is 0.310 e. The third-order valence-corrected chi connectivity index (χ3v) is 20.1. The van der Waals surface area contributed by atoms with Gasteiger partial charge >= 0.3 is 11.9 Å². The van der Waals surface area contributed by atoms with E-state index in [4.69, 9.17) is 106 Å². The van der Waals surface area contributed by atoms with Crippen LogP contribution in [0.2, 0.25) is 0 Å². The van der Waals surface area contributed by atoms with Crippen LogP contribution in [0.4, 0.5) is 0 Å². The van der Waals surface area contributed by atoms with Gasteiger partial charge in [-0.25, -0.2) is 0 Å². The minimum atomic E-state index is -2.82. The van der Waals surface area contributed by atoms with Gasteiger partial charge in [0.05, 0.1) is 78.9 Å². The van der Waals surface area contributed by atoms with Crippen LogP contribution in [0.3, 0.4) is 0 Å². The second-order valence-corrected chi connectivity index (χ2v) is 30.8. The molecule has 0 saturated carbocycles. The highest BCUT2D eigenvalue weighted by molar-refractivity contribution is 7.57. The molecule has 2 aliphatic carbocycles. The van der Waals surface area contributed by atoms with Gasteiger partial charge in [0, 0.05) is 50.3 Å². The quantitative estimate of drug-likeness (QED) is 0.0359. The Morgan fingerprint density at radius 1 is 0.510 bits per heavy atom. The van der Waals surface area contributed by atoms with E-state index in [0.717, 1.165) is 0 Å². The number of halogens is 1. The molecule has 0 radical (unpaired) electrons. The van der Waals surface area contributed by atoms with Gasteiger partial charge in [0.2, 0.25) is 25.1 Å². The zero-order valence-corrected chi connectivity index (χ0v) is 57.1. The number of phenolic OH excluding ortho intramolecular Hbond substituents is 1. The predicted octanol–water partition coefficient (Wildman–Crippen LogP) is 6.24. The molecule has 0 aromatic heterocycles. The Hall–Kier alpha value is -5.99. The molecule has 30 nitrogen and oxygen atoms in total.